The fourth-order valence-electron chi connectivity index (χ4n) is 1.96. The summed E-state index contributed by atoms with van der Waals surface area (Å²) in [6, 6.07) is 12.6. The quantitative estimate of drug-likeness (QED) is 0.697. The van der Waals surface area contributed by atoms with Crippen molar-refractivity contribution in [3.05, 3.63) is 64.3 Å². The van der Waals surface area contributed by atoms with E-state index in [1.807, 2.05) is 6.07 Å². The van der Waals surface area contributed by atoms with Crippen molar-refractivity contribution < 1.29 is 4.42 Å². The first kappa shape index (κ1) is 11.2. The molecule has 0 unspecified atom stereocenters. The zero-order valence-electron chi connectivity index (χ0n) is 9.91. The Morgan fingerprint density at radius 3 is 3.05 bits per heavy atom. The monoisotopic (exact) mass is 251 g/mol. The van der Waals surface area contributed by atoms with Gasteiger partial charge in [-0.2, -0.15) is 5.26 Å². The van der Waals surface area contributed by atoms with E-state index in [9.17, 15) is 4.79 Å². The van der Waals surface area contributed by atoms with Crippen molar-refractivity contribution in [3.8, 4) is 6.07 Å². The van der Waals surface area contributed by atoms with Gasteiger partial charge in [0.25, 0.3) is 0 Å². The van der Waals surface area contributed by atoms with Gasteiger partial charge in [-0.3, -0.25) is 4.57 Å². The Morgan fingerprint density at radius 2 is 2.21 bits per heavy atom. The number of rotatable bonds is 2. The maximum absolute atomic E-state index is 11.8. The van der Waals surface area contributed by atoms with Crippen molar-refractivity contribution in [2.24, 2.45) is 0 Å². The highest BCUT2D eigenvalue weighted by Crippen LogP contribution is 2.12. The number of nitriles is 1. The Morgan fingerprint density at radius 1 is 1.32 bits per heavy atom. The van der Waals surface area contributed by atoms with E-state index in [2.05, 4.69) is 11.1 Å². The maximum Gasteiger partial charge on any atom is 0.421 e. The molecule has 0 aliphatic rings. The van der Waals surface area contributed by atoms with Gasteiger partial charge in [0, 0.05) is 6.20 Å². The Bertz CT molecular complexity index is 840. The lowest BCUT2D eigenvalue weighted by Gasteiger charge is -2.02. The molecule has 92 valence electrons. The summed E-state index contributed by atoms with van der Waals surface area (Å²) < 4.78 is 6.56. The smallest absolute Gasteiger partial charge is 0.406 e. The maximum atomic E-state index is 11.8. The normalized spacial score (nSPS) is 10.5. The minimum absolute atomic E-state index is 0.332. The fraction of sp³-hybridized carbons (Fsp3) is 0.0714. The van der Waals surface area contributed by atoms with E-state index in [0.717, 1.165) is 5.56 Å². The van der Waals surface area contributed by atoms with Crippen molar-refractivity contribution in [1.29, 1.82) is 5.26 Å². The second-order valence-electron chi connectivity index (χ2n) is 4.09. The second-order valence-corrected chi connectivity index (χ2v) is 4.09. The molecule has 19 heavy (non-hydrogen) atoms. The third-order valence-electron chi connectivity index (χ3n) is 2.82. The largest absolute Gasteiger partial charge is 0.421 e. The summed E-state index contributed by atoms with van der Waals surface area (Å²) in [6.07, 6.45) is 1.61. The molecule has 0 saturated heterocycles. The summed E-state index contributed by atoms with van der Waals surface area (Å²) in [5.74, 6) is -0.448. The molecular formula is C14H9N3O2. The van der Waals surface area contributed by atoms with Crippen LogP contribution in [0.2, 0.25) is 0 Å². The molecule has 5 nitrogen and oxygen atoms in total. The van der Waals surface area contributed by atoms with Crippen molar-refractivity contribution in [2.75, 3.05) is 0 Å². The third kappa shape index (κ3) is 2.00. The molecular weight excluding hydrogens is 242 g/mol. The Kier molecular flexibility index (Phi) is 2.62. The Balaban J connectivity index is 2.08. The van der Waals surface area contributed by atoms with E-state index in [0.29, 0.717) is 23.3 Å². The molecule has 0 bridgehead atoms. The van der Waals surface area contributed by atoms with Gasteiger partial charge < -0.3 is 4.42 Å². The Labute approximate surface area is 108 Å². The van der Waals surface area contributed by atoms with Gasteiger partial charge in [0.1, 0.15) is 0 Å². The molecule has 2 aromatic heterocycles. The topological polar surface area (TPSA) is 71.8 Å². The SMILES string of the molecule is N#Cc1cccc(Cn2c(=O)oc3cccnc32)c1. The first-order valence-electron chi connectivity index (χ1n) is 5.71. The molecule has 0 fully saturated rings. The van der Waals surface area contributed by atoms with Gasteiger partial charge in [0.15, 0.2) is 11.2 Å². The number of pyridine rings is 1. The van der Waals surface area contributed by atoms with E-state index in [1.165, 1.54) is 4.57 Å². The van der Waals surface area contributed by atoms with Gasteiger partial charge in [-0.15, -0.1) is 0 Å². The van der Waals surface area contributed by atoms with Crippen LogP contribution < -0.4 is 5.76 Å². The van der Waals surface area contributed by atoms with Gasteiger partial charge in [0.2, 0.25) is 0 Å². The number of benzene rings is 1. The molecule has 0 radical (unpaired) electrons. The third-order valence-corrected chi connectivity index (χ3v) is 2.82. The molecule has 0 aliphatic carbocycles. The molecule has 0 saturated carbocycles. The van der Waals surface area contributed by atoms with Crippen LogP contribution >= 0.6 is 0 Å². The highest BCUT2D eigenvalue weighted by Gasteiger charge is 2.10. The van der Waals surface area contributed by atoms with Gasteiger partial charge in [0.05, 0.1) is 18.2 Å². The van der Waals surface area contributed by atoms with Crippen LogP contribution in [0.4, 0.5) is 0 Å². The molecule has 0 N–H and O–H groups in total. The zero-order valence-corrected chi connectivity index (χ0v) is 9.91. The molecule has 0 atom stereocenters. The molecule has 0 amide bonds. The van der Waals surface area contributed by atoms with Crippen LogP contribution in [0.3, 0.4) is 0 Å². The standard InChI is InChI=1S/C14H9N3O2/c15-8-10-3-1-4-11(7-10)9-17-13-12(19-14(17)18)5-2-6-16-13/h1-7H,9H2. The van der Waals surface area contributed by atoms with E-state index in [-0.39, 0.29) is 0 Å². The molecule has 1 aromatic carbocycles. The van der Waals surface area contributed by atoms with Gasteiger partial charge in [-0.25, -0.2) is 9.78 Å². The van der Waals surface area contributed by atoms with Crippen molar-refractivity contribution in [2.45, 2.75) is 6.54 Å². The van der Waals surface area contributed by atoms with Gasteiger partial charge in [-0.1, -0.05) is 12.1 Å². The van der Waals surface area contributed by atoms with Crippen LogP contribution in [0.25, 0.3) is 11.2 Å². The molecule has 5 heteroatoms. The summed E-state index contributed by atoms with van der Waals surface area (Å²) in [4.78, 5) is 15.9. The summed E-state index contributed by atoms with van der Waals surface area (Å²) >= 11 is 0. The number of aromatic nitrogens is 2. The summed E-state index contributed by atoms with van der Waals surface area (Å²) in [7, 11) is 0. The number of hydrogen-bond acceptors (Lipinski definition) is 4. The molecule has 3 aromatic rings. The lowest BCUT2D eigenvalue weighted by molar-refractivity contribution is 0.517. The average molecular weight is 251 g/mol. The minimum Gasteiger partial charge on any atom is -0.406 e. The molecule has 3 rings (SSSR count). The Hall–Kier alpha value is -2.87. The minimum atomic E-state index is -0.448. The van der Waals surface area contributed by atoms with E-state index in [1.54, 1.807) is 36.5 Å². The van der Waals surface area contributed by atoms with Gasteiger partial charge in [-0.05, 0) is 29.8 Å². The molecule has 0 spiro atoms. The predicted molar refractivity (Wildman–Crippen MR) is 68.5 cm³/mol. The molecule has 2 heterocycles. The molecule has 0 aliphatic heterocycles. The summed E-state index contributed by atoms with van der Waals surface area (Å²) in [5, 5.41) is 8.87. The van der Waals surface area contributed by atoms with Crippen molar-refractivity contribution in [1.82, 2.24) is 9.55 Å². The summed E-state index contributed by atoms with van der Waals surface area (Å²) in [5.41, 5.74) is 2.39. The summed E-state index contributed by atoms with van der Waals surface area (Å²) in [6.45, 7) is 0.332. The number of fused-ring (bicyclic) bond motifs is 1. The second kappa shape index (κ2) is 4.42. The van der Waals surface area contributed by atoms with Crippen LogP contribution in [0, 0.1) is 11.3 Å². The fourth-order valence-corrected chi connectivity index (χ4v) is 1.96. The van der Waals surface area contributed by atoms with E-state index in [4.69, 9.17) is 9.68 Å². The first-order chi connectivity index (χ1) is 9.28. The van der Waals surface area contributed by atoms with Crippen LogP contribution in [0.5, 0.6) is 0 Å². The van der Waals surface area contributed by atoms with Crippen molar-refractivity contribution >= 4 is 11.2 Å². The lowest BCUT2D eigenvalue weighted by atomic mass is 10.1. The van der Waals surface area contributed by atoms with E-state index >= 15 is 0 Å². The highest BCUT2D eigenvalue weighted by molar-refractivity contribution is 5.67. The van der Waals surface area contributed by atoms with Crippen LogP contribution in [0.1, 0.15) is 11.1 Å². The number of nitrogens with zero attached hydrogens (tertiary/aromatic N) is 3. The van der Waals surface area contributed by atoms with Crippen molar-refractivity contribution in [3.63, 3.8) is 0 Å². The van der Waals surface area contributed by atoms with Crippen LogP contribution in [-0.2, 0) is 6.54 Å². The average Bonchev–Trinajstić information content (AvgIpc) is 2.76. The zero-order chi connectivity index (χ0) is 13.2. The number of hydrogen-bond donors (Lipinski definition) is 0. The highest BCUT2D eigenvalue weighted by atomic mass is 16.4. The predicted octanol–water partition coefficient (Wildman–Crippen LogP) is 1.91. The first-order valence-corrected chi connectivity index (χ1v) is 5.71. The van der Waals surface area contributed by atoms with Gasteiger partial charge >= 0.3 is 5.76 Å². The van der Waals surface area contributed by atoms with Crippen LogP contribution in [-0.4, -0.2) is 9.55 Å². The lowest BCUT2D eigenvalue weighted by Crippen LogP contribution is -2.15. The van der Waals surface area contributed by atoms with E-state index < -0.39 is 5.76 Å². The van der Waals surface area contributed by atoms with Crippen LogP contribution in [0.15, 0.2) is 51.8 Å². The number of oxazole rings is 1.